The molecule has 2 heterocycles. The lowest BCUT2D eigenvalue weighted by Crippen LogP contribution is -2.49. The van der Waals surface area contributed by atoms with Gasteiger partial charge in [-0.1, -0.05) is 0 Å². The molecule has 0 saturated carbocycles. The van der Waals surface area contributed by atoms with Gasteiger partial charge in [-0.05, 0) is 47.0 Å². The summed E-state index contributed by atoms with van der Waals surface area (Å²) < 4.78 is 2.13. The number of carbonyl (C=O) groups excluding carboxylic acids is 1. The van der Waals surface area contributed by atoms with Crippen LogP contribution >= 0.6 is 0 Å². The van der Waals surface area contributed by atoms with Gasteiger partial charge in [0.15, 0.2) is 0 Å². The van der Waals surface area contributed by atoms with E-state index in [1.165, 1.54) is 12.8 Å². The number of nitrogens with zero attached hydrogens (tertiary/aromatic N) is 4. The van der Waals surface area contributed by atoms with Gasteiger partial charge in [0.25, 0.3) is 0 Å². The first-order valence-corrected chi connectivity index (χ1v) is 8.42. The quantitative estimate of drug-likeness (QED) is 0.810. The minimum atomic E-state index is -0.0209. The Morgan fingerprint density at radius 1 is 1.41 bits per heavy atom. The number of hydrogen-bond donors (Lipinski definition) is 0. The fourth-order valence-corrected chi connectivity index (χ4v) is 3.65. The first kappa shape index (κ1) is 17.0. The van der Waals surface area contributed by atoms with Crippen molar-refractivity contribution >= 4 is 5.91 Å². The van der Waals surface area contributed by atoms with E-state index in [1.807, 2.05) is 31.3 Å². The molecule has 0 spiro atoms. The second-order valence-corrected chi connectivity index (χ2v) is 6.68. The molecule has 124 valence electrons. The number of likely N-dealkylation sites (N-methyl/N-ethyl adjacent to an activating group) is 1. The number of amides is 1. The van der Waals surface area contributed by atoms with E-state index in [1.54, 1.807) is 0 Å². The molecule has 2 rings (SSSR count). The van der Waals surface area contributed by atoms with E-state index < -0.39 is 0 Å². The topological polar surface area (TPSA) is 41.4 Å². The highest BCUT2D eigenvalue weighted by Crippen LogP contribution is 2.26. The maximum atomic E-state index is 12.6. The van der Waals surface area contributed by atoms with Crippen molar-refractivity contribution in [3.05, 3.63) is 18.2 Å². The molecule has 1 aromatic heterocycles. The van der Waals surface area contributed by atoms with Crippen LogP contribution in [0.4, 0.5) is 0 Å². The zero-order chi connectivity index (χ0) is 16.3. The number of imidazole rings is 1. The monoisotopic (exact) mass is 306 g/mol. The van der Waals surface area contributed by atoms with Gasteiger partial charge in [-0.2, -0.15) is 0 Å². The van der Waals surface area contributed by atoms with Crippen LogP contribution in [0.3, 0.4) is 0 Å². The summed E-state index contributed by atoms with van der Waals surface area (Å²) in [6.07, 6.45) is 7.16. The number of rotatable bonds is 6. The highest BCUT2D eigenvalue weighted by molar-refractivity contribution is 5.81. The molecule has 0 aromatic carbocycles. The maximum Gasteiger partial charge on any atom is 0.239 e. The van der Waals surface area contributed by atoms with Gasteiger partial charge in [0.1, 0.15) is 5.82 Å². The van der Waals surface area contributed by atoms with E-state index in [2.05, 4.69) is 35.2 Å². The highest BCUT2D eigenvalue weighted by atomic mass is 16.2. The maximum absolute atomic E-state index is 12.6. The Morgan fingerprint density at radius 3 is 2.59 bits per heavy atom. The van der Waals surface area contributed by atoms with Crippen molar-refractivity contribution in [1.29, 1.82) is 0 Å². The molecule has 3 atom stereocenters. The average Bonchev–Trinajstić information content (AvgIpc) is 3.03. The summed E-state index contributed by atoms with van der Waals surface area (Å²) in [5, 5.41) is 0. The first-order chi connectivity index (χ1) is 10.4. The lowest BCUT2D eigenvalue weighted by atomic mass is 10.2. The fraction of sp³-hybridized carbons (Fsp3) is 0.765. The molecule has 0 bridgehead atoms. The van der Waals surface area contributed by atoms with Crippen LogP contribution in [0.5, 0.6) is 0 Å². The Balaban J connectivity index is 1.82. The second kappa shape index (κ2) is 7.27. The van der Waals surface area contributed by atoms with Crippen LogP contribution in [0, 0.1) is 6.92 Å². The molecular formula is C17H30N4O. The fourth-order valence-electron chi connectivity index (χ4n) is 3.65. The molecule has 1 fully saturated rings. The molecule has 3 unspecified atom stereocenters. The van der Waals surface area contributed by atoms with Gasteiger partial charge < -0.3 is 9.47 Å². The molecule has 1 aliphatic rings. The molecule has 1 aliphatic heterocycles. The predicted molar refractivity (Wildman–Crippen MR) is 88.7 cm³/mol. The molecule has 22 heavy (non-hydrogen) atoms. The van der Waals surface area contributed by atoms with Crippen molar-refractivity contribution in [2.24, 2.45) is 0 Å². The van der Waals surface area contributed by atoms with Crippen LogP contribution in [-0.2, 0) is 11.3 Å². The standard InChI is InChI=1S/C17H30N4O/c1-13-7-8-14(2)21(13)15(3)17(22)19(5)10-6-11-20-12-9-18-16(20)4/h9,12-15H,6-8,10-11H2,1-5H3. The Bertz CT molecular complexity index is 489. The molecule has 5 heteroatoms. The molecule has 0 N–H and O–H groups in total. The van der Waals surface area contributed by atoms with Crippen molar-refractivity contribution in [2.45, 2.75) is 71.6 Å². The van der Waals surface area contributed by atoms with E-state index in [0.717, 1.165) is 25.3 Å². The summed E-state index contributed by atoms with van der Waals surface area (Å²) in [6.45, 7) is 10.2. The molecule has 1 saturated heterocycles. The van der Waals surface area contributed by atoms with Crippen LogP contribution in [0.1, 0.15) is 45.9 Å². The highest BCUT2D eigenvalue weighted by Gasteiger charge is 2.35. The summed E-state index contributed by atoms with van der Waals surface area (Å²) in [5.74, 6) is 1.27. The minimum Gasteiger partial charge on any atom is -0.344 e. The predicted octanol–water partition coefficient (Wildman–Crippen LogP) is 2.30. The average molecular weight is 306 g/mol. The molecule has 1 amide bonds. The first-order valence-electron chi connectivity index (χ1n) is 8.42. The Morgan fingerprint density at radius 2 is 2.05 bits per heavy atom. The van der Waals surface area contributed by atoms with E-state index in [-0.39, 0.29) is 11.9 Å². The largest absolute Gasteiger partial charge is 0.344 e. The Hall–Kier alpha value is -1.36. The third kappa shape index (κ3) is 3.69. The zero-order valence-electron chi connectivity index (χ0n) is 14.6. The molecule has 0 radical (unpaired) electrons. The van der Waals surface area contributed by atoms with Crippen molar-refractivity contribution in [3.8, 4) is 0 Å². The van der Waals surface area contributed by atoms with Crippen molar-refractivity contribution in [3.63, 3.8) is 0 Å². The van der Waals surface area contributed by atoms with Gasteiger partial charge in [0.2, 0.25) is 5.91 Å². The number of hydrogen-bond acceptors (Lipinski definition) is 3. The van der Waals surface area contributed by atoms with Crippen molar-refractivity contribution < 1.29 is 4.79 Å². The number of likely N-dealkylation sites (tertiary alicyclic amines) is 1. The van der Waals surface area contributed by atoms with Gasteiger partial charge in [0.05, 0.1) is 6.04 Å². The van der Waals surface area contributed by atoms with Crippen LogP contribution in [0.2, 0.25) is 0 Å². The third-order valence-electron chi connectivity index (χ3n) is 5.02. The van der Waals surface area contributed by atoms with Crippen LogP contribution in [-0.4, -0.2) is 57.0 Å². The minimum absolute atomic E-state index is 0.0209. The Kier molecular flexibility index (Phi) is 5.62. The molecule has 0 aliphatic carbocycles. The number of aryl methyl sites for hydroxylation is 2. The smallest absolute Gasteiger partial charge is 0.239 e. The molecular weight excluding hydrogens is 276 g/mol. The van der Waals surface area contributed by atoms with Crippen LogP contribution in [0.15, 0.2) is 12.4 Å². The van der Waals surface area contributed by atoms with Gasteiger partial charge in [-0.3, -0.25) is 9.69 Å². The van der Waals surface area contributed by atoms with Gasteiger partial charge in [-0.15, -0.1) is 0 Å². The normalized spacial score (nSPS) is 23.7. The summed E-state index contributed by atoms with van der Waals surface area (Å²) >= 11 is 0. The summed E-state index contributed by atoms with van der Waals surface area (Å²) in [4.78, 5) is 21.1. The van der Waals surface area contributed by atoms with E-state index in [0.29, 0.717) is 12.1 Å². The zero-order valence-corrected chi connectivity index (χ0v) is 14.6. The van der Waals surface area contributed by atoms with Gasteiger partial charge in [-0.25, -0.2) is 4.98 Å². The van der Waals surface area contributed by atoms with E-state index in [9.17, 15) is 4.79 Å². The van der Waals surface area contributed by atoms with E-state index >= 15 is 0 Å². The molecule has 5 nitrogen and oxygen atoms in total. The summed E-state index contributed by atoms with van der Waals surface area (Å²) in [6, 6.07) is 0.999. The van der Waals surface area contributed by atoms with Crippen LogP contribution < -0.4 is 0 Å². The second-order valence-electron chi connectivity index (χ2n) is 6.68. The SMILES string of the molecule is Cc1nccn1CCCN(C)C(=O)C(C)N1C(C)CCC1C. The third-order valence-corrected chi connectivity index (χ3v) is 5.02. The number of carbonyl (C=O) groups is 1. The van der Waals surface area contributed by atoms with Gasteiger partial charge >= 0.3 is 0 Å². The van der Waals surface area contributed by atoms with Crippen LogP contribution in [0.25, 0.3) is 0 Å². The summed E-state index contributed by atoms with van der Waals surface area (Å²) in [7, 11) is 1.92. The van der Waals surface area contributed by atoms with Gasteiger partial charge in [0, 0.05) is 44.6 Å². The van der Waals surface area contributed by atoms with Crippen molar-refractivity contribution in [2.75, 3.05) is 13.6 Å². The summed E-state index contributed by atoms with van der Waals surface area (Å²) in [5.41, 5.74) is 0. The van der Waals surface area contributed by atoms with E-state index in [4.69, 9.17) is 0 Å². The molecule has 1 aromatic rings. The number of aromatic nitrogens is 2. The lowest BCUT2D eigenvalue weighted by Gasteiger charge is -2.34. The lowest BCUT2D eigenvalue weighted by molar-refractivity contribution is -0.136. The Labute approximate surface area is 134 Å². The van der Waals surface area contributed by atoms with Crippen molar-refractivity contribution in [1.82, 2.24) is 19.4 Å².